The van der Waals surface area contributed by atoms with Crippen LogP contribution in [0.4, 0.5) is 5.69 Å². The number of thioether (sulfide) groups is 1. The molecule has 0 fully saturated rings. The van der Waals surface area contributed by atoms with E-state index < -0.39 is 4.92 Å². The topological polar surface area (TPSA) is 102 Å². The number of non-ortho nitro benzene ring substituents is 1. The first-order valence-corrected chi connectivity index (χ1v) is 9.93. The molecule has 0 saturated heterocycles. The highest BCUT2D eigenvalue weighted by molar-refractivity contribution is 7.98. The Morgan fingerprint density at radius 1 is 1.17 bits per heavy atom. The van der Waals surface area contributed by atoms with Gasteiger partial charge >= 0.3 is 0 Å². The molecule has 0 radical (unpaired) electrons. The first-order valence-electron chi connectivity index (χ1n) is 8.94. The largest absolute Gasteiger partial charge is 0.485 e. The molecule has 3 aromatic rings. The predicted molar refractivity (Wildman–Crippen MR) is 105 cm³/mol. The third-order valence-electron chi connectivity index (χ3n) is 4.34. The summed E-state index contributed by atoms with van der Waals surface area (Å²) in [5.74, 6) is 3.40. The molecule has 0 amide bonds. The second kappa shape index (κ2) is 8.39. The van der Waals surface area contributed by atoms with Gasteiger partial charge in [0.15, 0.2) is 22.5 Å². The van der Waals surface area contributed by atoms with Crippen LogP contribution < -0.4 is 14.2 Å². The van der Waals surface area contributed by atoms with Crippen LogP contribution >= 0.6 is 11.8 Å². The van der Waals surface area contributed by atoms with E-state index in [0.29, 0.717) is 29.5 Å². The van der Waals surface area contributed by atoms with E-state index in [1.165, 1.54) is 23.9 Å². The van der Waals surface area contributed by atoms with Crippen molar-refractivity contribution in [1.29, 1.82) is 0 Å². The minimum atomic E-state index is -0.406. The van der Waals surface area contributed by atoms with E-state index in [0.717, 1.165) is 16.5 Å². The number of aromatic nitrogens is 3. The van der Waals surface area contributed by atoms with E-state index >= 15 is 0 Å². The fraction of sp³-hybridized carbons (Fsp3) is 0.263. The van der Waals surface area contributed by atoms with Crippen molar-refractivity contribution in [2.45, 2.75) is 31.0 Å². The average Bonchev–Trinajstić information content (AvgIpc) is 3.36. The van der Waals surface area contributed by atoms with E-state index in [4.69, 9.17) is 14.2 Å². The molecule has 1 aromatic heterocycles. The van der Waals surface area contributed by atoms with E-state index in [1.807, 2.05) is 23.6 Å². The third kappa shape index (κ3) is 4.27. The minimum absolute atomic E-state index is 0.0819. The maximum absolute atomic E-state index is 10.8. The molecular weight excluding hydrogens is 396 g/mol. The molecule has 0 saturated carbocycles. The van der Waals surface area contributed by atoms with Crippen LogP contribution in [0.3, 0.4) is 0 Å². The lowest BCUT2D eigenvalue weighted by molar-refractivity contribution is -0.384. The standard InChI is InChI=1S/C19H18N4O5S/c1-2-22-18(10-26-15-7-8-16-17(9-15)28-12-27-16)20-21-19(22)29-11-13-3-5-14(6-4-13)23(24)25/h3-9H,2,10-12H2,1H3. The summed E-state index contributed by atoms with van der Waals surface area (Å²) in [6, 6.07) is 11.9. The Morgan fingerprint density at radius 2 is 1.97 bits per heavy atom. The quantitative estimate of drug-likeness (QED) is 0.312. The van der Waals surface area contributed by atoms with Gasteiger partial charge in [0.05, 0.1) is 4.92 Å². The smallest absolute Gasteiger partial charge is 0.269 e. The van der Waals surface area contributed by atoms with E-state index in [2.05, 4.69) is 10.2 Å². The van der Waals surface area contributed by atoms with Gasteiger partial charge in [-0.25, -0.2) is 0 Å². The Labute approximate surface area is 170 Å². The van der Waals surface area contributed by atoms with Gasteiger partial charge in [-0.15, -0.1) is 10.2 Å². The van der Waals surface area contributed by atoms with Gasteiger partial charge in [0.25, 0.3) is 5.69 Å². The number of fused-ring (bicyclic) bond motifs is 1. The molecule has 0 unspecified atom stereocenters. The number of ether oxygens (including phenoxy) is 3. The van der Waals surface area contributed by atoms with Crippen LogP contribution in [0.1, 0.15) is 18.3 Å². The zero-order chi connectivity index (χ0) is 20.2. The summed E-state index contributed by atoms with van der Waals surface area (Å²) in [6.07, 6.45) is 0. The van der Waals surface area contributed by atoms with Crippen LogP contribution in [0.5, 0.6) is 17.2 Å². The second-order valence-electron chi connectivity index (χ2n) is 6.16. The molecular formula is C19H18N4O5S. The molecule has 0 aliphatic carbocycles. The summed E-state index contributed by atoms with van der Waals surface area (Å²) in [5, 5.41) is 20.0. The van der Waals surface area contributed by atoms with Gasteiger partial charge in [0.1, 0.15) is 12.4 Å². The van der Waals surface area contributed by atoms with Gasteiger partial charge in [-0.3, -0.25) is 10.1 Å². The van der Waals surface area contributed by atoms with Crippen LogP contribution in [0, 0.1) is 10.1 Å². The number of hydrogen-bond acceptors (Lipinski definition) is 8. The van der Waals surface area contributed by atoms with Crippen molar-refractivity contribution >= 4 is 17.4 Å². The Kier molecular flexibility index (Phi) is 5.52. The minimum Gasteiger partial charge on any atom is -0.485 e. The summed E-state index contributed by atoms with van der Waals surface area (Å²) in [6.45, 7) is 3.22. The van der Waals surface area contributed by atoms with E-state index in [9.17, 15) is 10.1 Å². The molecule has 1 aliphatic heterocycles. The van der Waals surface area contributed by atoms with Gasteiger partial charge in [-0.2, -0.15) is 0 Å². The van der Waals surface area contributed by atoms with Crippen molar-refractivity contribution in [3.05, 3.63) is 64.0 Å². The fourth-order valence-corrected chi connectivity index (χ4v) is 3.80. The summed E-state index contributed by atoms with van der Waals surface area (Å²) >= 11 is 1.53. The van der Waals surface area contributed by atoms with Crippen LogP contribution in [-0.2, 0) is 18.9 Å². The highest BCUT2D eigenvalue weighted by Gasteiger charge is 2.16. The molecule has 2 heterocycles. The van der Waals surface area contributed by atoms with Crippen molar-refractivity contribution in [2.24, 2.45) is 0 Å². The van der Waals surface area contributed by atoms with Crippen LogP contribution in [0.25, 0.3) is 0 Å². The Bertz CT molecular complexity index is 1020. The first kappa shape index (κ1) is 19.1. The second-order valence-corrected chi connectivity index (χ2v) is 7.10. The summed E-state index contributed by atoms with van der Waals surface area (Å²) in [7, 11) is 0. The summed E-state index contributed by atoms with van der Waals surface area (Å²) < 4.78 is 18.5. The van der Waals surface area contributed by atoms with Crippen molar-refractivity contribution in [1.82, 2.24) is 14.8 Å². The maximum Gasteiger partial charge on any atom is 0.269 e. The molecule has 29 heavy (non-hydrogen) atoms. The number of rotatable bonds is 8. The Morgan fingerprint density at radius 3 is 2.72 bits per heavy atom. The van der Waals surface area contributed by atoms with Gasteiger partial charge in [-0.1, -0.05) is 23.9 Å². The van der Waals surface area contributed by atoms with Gasteiger partial charge in [-0.05, 0) is 24.6 Å². The molecule has 2 aromatic carbocycles. The molecule has 10 heteroatoms. The highest BCUT2D eigenvalue weighted by Crippen LogP contribution is 2.35. The fourth-order valence-electron chi connectivity index (χ4n) is 2.83. The monoisotopic (exact) mass is 414 g/mol. The third-order valence-corrected chi connectivity index (χ3v) is 5.37. The van der Waals surface area contributed by atoms with Gasteiger partial charge < -0.3 is 18.8 Å². The normalized spacial score (nSPS) is 12.2. The summed E-state index contributed by atoms with van der Waals surface area (Å²) in [5.41, 5.74) is 1.06. The van der Waals surface area contributed by atoms with Gasteiger partial charge in [0, 0.05) is 30.5 Å². The molecule has 4 rings (SSSR count). The van der Waals surface area contributed by atoms with E-state index in [1.54, 1.807) is 18.2 Å². The zero-order valence-corrected chi connectivity index (χ0v) is 16.4. The maximum atomic E-state index is 10.8. The number of benzene rings is 2. The Balaban J connectivity index is 1.39. The first-order chi connectivity index (χ1) is 14.1. The number of hydrogen-bond donors (Lipinski definition) is 0. The molecule has 9 nitrogen and oxygen atoms in total. The molecule has 0 bridgehead atoms. The number of nitro benzene ring substituents is 1. The number of nitro groups is 1. The lowest BCUT2D eigenvalue weighted by Crippen LogP contribution is -2.07. The van der Waals surface area contributed by atoms with Gasteiger partial charge in [0.2, 0.25) is 6.79 Å². The lowest BCUT2D eigenvalue weighted by Gasteiger charge is -2.09. The van der Waals surface area contributed by atoms with Crippen molar-refractivity contribution in [3.63, 3.8) is 0 Å². The number of nitrogens with zero attached hydrogens (tertiary/aromatic N) is 4. The van der Waals surface area contributed by atoms with E-state index in [-0.39, 0.29) is 19.1 Å². The average molecular weight is 414 g/mol. The molecule has 0 N–H and O–H groups in total. The zero-order valence-electron chi connectivity index (χ0n) is 15.6. The van der Waals surface area contributed by atoms with Crippen LogP contribution in [0.2, 0.25) is 0 Å². The van der Waals surface area contributed by atoms with Crippen molar-refractivity contribution in [2.75, 3.05) is 6.79 Å². The van der Waals surface area contributed by atoms with Crippen molar-refractivity contribution < 1.29 is 19.1 Å². The highest BCUT2D eigenvalue weighted by atomic mass is 32.2. The SMILES string of the molecule is CCn1c(COc2ccc3c(c2)OCO3)nnc1SCc1ccc([N+](=O)[O-])cc1. The van der Waals surface area contributed by atoms with Crippen molar-refractivity contribution in [3.8, 4) is 17.2 Å². The van der Waals surface area contributed by atoms with Crippen LogP contribution in [-0.4, -0.2) is 26.5 Å². The summed E-state index contributed by atoms with van der Waals surface area (Å²) in [4.78, 5) is 10.3. The molecule has 1 aliphatic rings. The molecule has 0 atom stereocenters. The Hall–Kier alpha value is -3.27. The lowest BCUT2D eigenvalue weighted by atomic mass is 10.2. The molecule has 150 valence electrons. The van der Waals surface area contributed by atoms with Crippen LogP contribution in [0.15, 0.2) is 47.6 Å². The molecule has 0 spiro atoms. The predicted octanol–water partition coefficient (Wildman–Crippen LogP) is 3.81.